The van der Waals surface area contributed by atoms with E-state index in [9.17, 15) is 4.79 Å². The molecule has 0 fully saturated rings. The highest BCUT2D eigenvalue weighted by atomic mass is 32.2. The maximum atomic E-state index is 12.5. The van der Waals surface area contributed by atoms with Crippen LogP contribution < -0.4 is 10.1 Å². The minimum atomic E-state index is -0.115. The largest absolute Gasteiger partial charge is 0.492 e. The highest BCUT2D eigenvalue weighted by Gasteiger charge is 2.15. The molecule has 5 nitrogen and oxygen atoms in total. The number of rotatable bonds is 8. The van der Waals surface area contributed by atoms with Crippen molar-refractivity contribution in [3.05, 3.63) is 84.9 Å². The first-order valence-corrected chi connectivity index (χ1v) is 11.1. The summed E-state index contributed by atoms with van der Waals surface area (Å²) >= 11 is 1.37. The maximum absolute atomic E-state index is 12.5. The molecule has 0 saturated heterocycles. The number of nitrogens with one attached hydrogen (secondary N) is 2. The van der Waals surface area contributed by atoms with Gasteiger partial charge in [-0.2, -0.15) is 0 Å². The van der Waals surface area contributed by atoms with E-state index in [4.69, 9.17) is 9.72 Å². The number of hydrogen-bond acceptors (Lipinski definition) is 4. The summed E-state index contributed by atoms with van der Waals surface area (Å²) in [5.41, 5.74) is 4.56. The molecular formula is C25H23N3O2S. The van der Waals surface area contributed by atoms with Crippen molar-refractivity contribution in [2.24, 2.45) is 0 Å². The Morgan fingerprint density at radius 2 is 1.58 bits per heavy atom. The monoisotopic (exact) mass is 429 g/mol. The van der Waals surface area contributed by atoms with E-state index < -0.39 is 0 Å². The first-order chi connectivity index (χ1) is 15.2. The number of carbonyl (C=O) groups excluding carboxylic acids is 1. The number of para-hydroxylation sites is 2. The summed E-state index contributed by atoms with van der Waals surface area (Å²) in [6.07, 6.45) is 0. The van der Waals surface area contributed by atoms with Crippen molar-refractivity contribution in [3.8, 4) is 28.3 Å². The zero-order valence-electron chi connectivity index (χ0n) is 17.2. The van der Waals surface area contributed by atoms with Crippen molar-refractivity contribution in [2.45, 2.75) is 12.1 Å². The van der Waals surface area contributed by atoms with Gasteiger partial charge >= 0.3 is 0 Å². The normalized spacial score (nSPS) is 10.6. The van der Waals surface area contributed by atoms with E-state index in [1.807, 2.05) is 91.9 Å². The number of amides is 1. The number of H-pyrrole nitrogens is 1. The number of benzene rings is 3. The summed E-state index contributed by atoms with van der Waals surface area (Å²) in [6.45, 7) is 2.46. The molecule has 0 aliphatic carbocycles. The second-order valence-electron chi connectivity index (χ2n) is 6.76. The molecule has 3 aromatic carbocycles. The second-order valence-corrected chi connectivity index (χ2v) is 7.73. The van der Waals surface area contributed by atoms with Crippen LogP contribution in [0, 0.1) is 0 Å². The van der Waals surface area contributed by atoms with Crippen molar-refractivity contribution in [3.63, 3.8) is 0 Å². The number of aromatic nitrogens is 2. The number of hydrogen-bond donors (Lipinski definition) is 2. The first kappa shape index (κ1) is 20.8. The molecule has 0 atom stereocenters. The number of carbonyl (C=O) groups is 1. The van der Waals surface area contributed by atoms with E-state index in [1.54, 1.807) is 0 Å². The number of aromatic amines is 1. The predicted molar refractivity (Wildman–Crippen MR) is 126 cm³/mol. The standard InChI is InChI=1S/C25H23N3O2S/c1-2-30-21-16-10-9-15-20(21)26-22(29)17-31-25-27-23(18-11-5-3-6-12-18)24(28-25)19-13-7-4-8-14-19/h3-16H,2,17H2,1H3,(H,26,29)(H,27,28). The first-order valence-electron chi connectivity index (χ1n) is 10.1. The molecule has 1 aromatic heterocycles. The van der Waals surface area contributed by atoms with Crippen LogP contribution in [0.5, 0.6) is 5.75 Å². The molecule has 6 heteroatoms. The Kier molecular flexibility index (Phi) is 6.69. The van der Waals surface area contributed by atoms with Gasteiger partial charge in [0, 0.05) is 11.1 Å². The van der Waals surface area contributed by atoms with Crippen molar-refractivity contribution >= 4 is 23.4 Å². The van der Waals surface area contributed by atoms with Crippen LogP contribution in [0.1, 0.15) is 6.92 Å². The fourth-order valence-corrected chi connectivity index (χ4v) is 3.88. The Bertz CT molecular complexity index is 1090. The minimum Gasteiger partial charge on any atom is -0.492 e. The van der Waals surface area contributed by atoms with Gasteiger partial charge in [0.25, 0.3) is 0 Å². The third-order valence-corrected chi connectivity index (χ3v) is 5.47. The fraction of sp³-hybridized carbons (Fsp3) is 0.120. The minimum absolute atomic E-state index is 0.115. The van der Waals surface area contributed by atoms with Gasteiger partial charge in [-0.3, -0.25) is 4.79 Å². The average molecular weight is 430 g/mol. The number of anilines is 1. The quantitative estimate of drug-likeness (QED) is 0.344. The molecule has 0 aliphatic rings. The molecule has 0 aliphatic heterocycles. The van der Waals surface area contributed by atoms with Crippen LogP contribution in [0.3, 0.4) is 0 Å². The highest BCUT2D eigenvalue weighted by molar-refractivity contribution is 7.99. The predicted octanol–water partition coefficient (Wildman–Crippen LogP) is 5.87. The van der Waals surface area contributed by atoms with Crippen LogP contribution in [0.2, 0.25) is 0 Å². The van der Waals surface area contributed by atoms with Crippen LogP contribution >= 0.6 is 11.8 Å². The second kappa shape index (κ2) is 10.00. The van der Waals surface area contributed by atoms with Gasteiger partial charge in [-0.25, -0.2) is 4.98 Å². The average Bonchev–Trinajstić information content (AvgIpc) is 3.25. The molecule has 156 valence electrons. The van der Waals surface area contributed by atoms with Crippen LogP contribution in [0.15, 0.2) is 90.1 Å². The smallest absolute Gasteiger partial charge is 0.234 e. The summed E-state index contributed by atoms with van der Waals surface area (Å²) in [5, 5.41) is 3.62. The van der Waals surface area contributed by atoms with Gasteiger partial charge in [0.15, 0.2) is 5.16 Å². The lowest BCUT2D eigenvalue weighted by Gasteiger charge is -2.10. The molecule has 1 amide bonds. The summed E-state index contributed by atoms with van der Waals surface area (Å²) in [6, 6.07) is 27.6. The van der Waals surface area contributed by atoms with Gasteiger partial charge in [-0.1, -0.05) is 84.6 Å². The molecule has 0 radical (unpaired) electrons. The number of imidazole rings is 1. The Balaban J connectivity index is 1.52. The summed E-state index contributed by atoms with van der Waals surface area (Å²) < 4.78 is 5.58. The maximum Gasteiger partial charge on any atom is 0.234 e. The lowest BCUT2D eigenvalue weighted by molar-refractivity contribution is -0.113. The molecule has 0 bridgehead atoms. The van der Waals surface area contributed by atoms with Gasteiger partial charge in [-0.15, -0.1) is 0 Å². The van der Waals surface area contributed by atoms with E-state index in [-0.39, 0.29) is 11.7 Å². The zero-order chi connectivity index (χ0) is 21.5. The van der Waals surface area contributed by atoms with E-state index in [1.165, 1.54) is 11.8 Å². The van der Waals surface area contributed by atoms with Gasteiger partial charge < -0.3 is 15.0 Å². The van der Waals surface area contributed by atoms with Crippen LogP contribution in [0.4, 0.5) is 5.69 Å². The summed E-state index contributed by atoms with van der Waals surface area (Å²) in [4.78, 5) is 20.7. The van der Waals surface area contributed by atoms with Crippen molar-refractivity contribution in [1.82, 2.24) is 9.97 Å². The van der Waals surface area contributed by atoms with Gasteiger partial charge in [0.2, 0.25) is 5.91 Å². The zero-order valence-corrected chi connectivity index (χ0v) is 18.0. The van der Waals surface area contributed by atoms with Gasteiger partial charge in [-0.05, 0) is 19.1 Å². The van der Waals surface area contributed by atoms with Crippen molar-refractivity contribution in [2.75, 3.05) is 17.7 Å². The molecule has 2 N–H and O–H groups in total. The third-order valence-electron chi connectivity index (χ3n) is 4.59. The van der Waals surface area contributed by atoms with Crippen LogP contribution in [0.25, 0.3) is 22.5 Å². The van der Waals surface area contributed by atoms with Crippen molar-refractivity contribution < 1.29 is 9.53 Å². The molecule has 4 rings (SSSR count). The molecule has 0 saturated carbocycles. The van der Waals surface area contributed by atoms with Crippen LogP contribution in [-0.2, 0) is 4.79 Å². The summed E-state index contributed by atoms with van der Waals surface area (Å²) in [5.74, 6) is 0.784. The van der Waals surface area contributed by atoms with E-state index in [2.05, 4.69) is 10.3 Å². The molecular weight excluding hydrogens is 406 g/mol. The number of ether oxygens (including phenoxy) is 1. The van der Waals surface area contributed by atoms with Crippen molar-refractivity contribution in [1.29, 1.82) is 0 Å². The summed E-state index contributed by atoms with van der Waals surface area (Å²) in [7, 11) is 0. The van der Waals surface area contributed by atoms with E-state index in [0.717, 1.165) is 22.5 Å². The third kappa shape index (κ3) is 5.16. The Labute approximate surface area is 185 Å². The lowest BCUT2D eigenvalue weighted by Crippen LogP contribution is -2.15. The molecule has 0 spiro atoms. The Morgan fingerprint density at radius 1 is 0.935 bits per heavy atom. The SMILES string of the molecule is CCOc1ccccc1NC(=O)CSc1nc(-c2ccccc2)c(-c2ccccc2)[nH]1. The number of nitrogens with zero attached hydrogens (tertiary/aromatic N) is 1. The van der Waals surface area contributed by atoms with E-state index in [0.29, 0.717) is 23.2 Å². The molecule has 4 aromatic rings. The van der Waals surface area contributed by atoms with Gasteiger partial charge in [0.05, 0.1) is 29.4 Å². The van der Waals surface area contributed by atoms with Gasteiger partial charge in [0.1, 0.15) is 5.75 Å². The molecule has 0 unspecified atom stereocenters. The Morgan fingerprint density at radius 3 is 2.29 bits per heavy atom. The highest BCUT2D eigenvalue weighted by Crippen LogP contribution is 2.32. The molecule has 31 heavy (non-hydrogen) atoms. The Hall–Kier alpha value is -3.51. The molecule has 1 heterocycles. The number of thioether (sulfide) groups is 1. The van der Waals surface area contributed by atoms with E-state index >= 15 is 0 Å². The topological polar surface area (TPSA) is 67.0 Å². The lowest BCUT2D eigenvalue weighted by atomic mass is 10.1. The van der Waals surface area contributed by atoms with Crippen LogP contribution in [-0.4, -0.2) is 28.2 Å². The fourth-order valence-electron chi connectivity index (χ4n) is 3.21.